The van der Waals surface area contributed by atoms with Crippen LogP contribution in [-0.4, -0.2) is 80.9 Å². The van der Waals surface area contributed by atoms with E-state index in [1.54, 1.807) is 0 Å². The molecular formula is C9H13MgNO8S. The predicted molar refractivity (Wildman–Crippen MR) is 65.2 cm³/mol. The first kappa shape index (κ1) is 21.6. The quantitative estimate of drug-likeness (QED) is 0.193. The minimum Gasteiger partial charge on any atom is -0.870 e. The fraction of sp³-hybridized carbons (Fsp3) is 0.556. The van der Waals surface area contributed by atoms with Gasteiger partial charge >= 0.3 is 29.0 Å². The van der Waals surface area contributed by atoms with Crippen LogP contribution in [0.15, 0.2) is 11.5 Å². The third kappa shape index (κ3) is 6.15. The first-order valence-electron chi connectivity index (χ1n) is 4.93. The summed E-state index contributed by atoms with van der Waals surface area (Å²) in [6, 6.07) is -0.927. The molecule has 0 saturated heterocycles. The maximum atomic E-state index is 10.8. The van der Waals surface area contributed by atoms with Crippen LogP contribution in [0.5, 0.6) is 0 Å². The van der Waals surface area contributed by atoms with Crippen molar-refractivity contribution in [2.45, 2.75) is 18.2 Å². The third-order valence-corrected chi connectivity index (χ3v) is 2.35. The van der Waals surface area contributed by atoms with Gasteiger partial charge in [-0.2, -0.15) is 12.6 Å². The molecule has 1 heterocycles. The normalized spacial score (nSPS) is 20.2. The van der Waals surface area contributed by atoms with Gasteiger partial charge in [0.15, 0.2) is 5.76 Å². The molecule has 0 unspecified atom stereocenters. The van der Waals surface area contributed by atoms with Gasteiger partial charge in [-0.3, -0.25) is 0 Å². The summed E-state index contributed by atoms with van der Waals surface area (Å²) in [6.07, 6.45) is -2.95. The molecule has 0 aliphatic carbocycles. The van der Waals surface area contributed by atoms with Crippen LogP contribution in [0.1, 0.15) is 0 Å². The number of carboxylic acid groups (broad SMARTS) is 1. The van der Waals surface area contributed by atoms with E-state index in [1.165, 1.54) is 0 Å². The first-order chi connectivity index (χ1) is 8.76. The van der Waals surface area contributed by atoms with E-state index < -0.39 is 48.3 Å². The van der Waals surface area contributed by atoms with Crippen LogP contribution in [0.25, 0.3) is 0 Å². The number of aliphatic hydroxyl groups is 3. The molecule has 5 N–H and O–H groups in total. The van der Waals surface area contributed by atoms with Crippen molar-refractivity contribution in [2.24, 2.45) is 5.73 Å². The molecule has 110 valence electrons. The molecule has 0 spiro atoms. The number of rotatable bonds is 4. The molecule has 0 aromatic heterocycles. The summed E-state index contributed by atoms with van der Waals surface area (Å²) < 4.78 is 4.25. The van der Waals surface area contributed by atoms with E-state index in [2.05, 4.69) is 17.4 Å². The molecule has 0 radical (unpaired) electrons. The fourth-order valence-corrected chi connectivity index (χ4v) is 1.03. The van der Waals surface area contributed by atoms with Crippen LogP contribution in [0.3, 0.4) is 0 Å². The van der Waals surface area contributed by atoms with E-state index in [1.807, 2.05) is 0 Å². The zero-order valence-electron chi connectivity index (χ0n) is 10.3. The topological polar surface area (TPSA) is 176 Å². The van der Waals surface area contributed by atoms with Crippen molar-refractivity contribution in [1.82, 2.24) is 0 Å². The Kier molecular flexibility index (Phi) is 10.9. The molecule has 20 heavy (non-hydrogen) atoms. The Hall–Kier alpha value is -0.724. The average molecular weight is 320 g/mol. The number of ether oxygens (including phenoxy) is 1. The van der Waals surface area contributed by atoms with Gasteiger partial charge in [-0.05, 0) is 5.76 Å². The summed E-state index contributed by atoms with van der Waals surface area (Å²) in [5.74, 6) is -4.33. The van der Waals surface area contributed by atoms with Crippen LogP contribution in [-0.2, 0) is 14.3 Å². The molecule has 0 aromatic rings. The molecule has 3 atom stereocenters. The Bertz CT molecular complexity index is 377. The maximum absolute atomic E-state index is 10.8. The summed E-state index contributed by atoms with van der Waals surface area (Å²) >= 11 is 3.61. The SMILES string of the molecule is N[C@@H](CS)C(=O)[O-].O=C1O[C@H]([C@@H](O)CO)C([O-])=C1O.[Mg+2]. The van der Waals surface area contributed by atoms with E-state index in [-0.39, 0.29) is 28.8 Å². The smallest absolute Gasteiger partial charge is 0.870 e. The first-order valence-corrected chi connectivity index (χ1v) is 5.56. The Morgan fingerprint density at radius 1 is 1.55 bits per heavy atom. The minimum absolute atomic E-state index is 0. The van der Waals surface area contributed by atoms with Crippen molar-refractivity contribution < 1.29 is 39.9 Å². The van der Waals surface area contributed by atoms with Crippen molar-refractivity contribution in [1.29, 1.82) is 0 Å². The van der Waals surface area contributed by atoms with Gasteiger partial charge in [0.05, 0.1) is 18.6 Å². The average Bonchev–Trinajstić information content (AvgIpc) is 2.65. The number of aliphatic carboxylic acids is 1. The second-order valence-corrected chi connectivity index (χ2v) is 3.76. The van der Waals surface area contributed by atoms with Gasteiger partial charge in [0.1, 0.15) is 12.2 Å². The zero-order valence-corrected chi connectivity index (χ0v) is 12.6. The molecule has 1 aliphatic rings. The standard InChI is InChI=1S/C6H8O6.C3H7NO2S.Mg/c7-1-2(8)5-3(9)4(10)6(11)12-5;4-2(1-7)3(5)6;/h2,5,7-10H,1H2;2,7H,1,4H2,(H,5,6);/q;;+2/p-2/t2-,5+;2-;/m00./s1. The van der Waals surface area contributed by atoms with E-state index >= 15 is 0 Å². The van der Waals surface area contributed by atoms with Gasteiger partial charge < -0.3 is 40.8 Å². The zero-order chi connectivity index (χ0) is 15.2. The number of cyclic esters (lactones) is 1. The van der Waals surface area contributed by atoms with Crippen LogP contribution >= 0.6 is 12.6 Å². The monoisotopic (exact) mass is 319 g/mol. The largest absolute Gasteiger partial charge is 2.00 e. The maximum Gasteiger partial charge on any atom is 2.00 e. The second kappa shape index (κ2) is 10.1. The molecule has 0 saturated carbocycles. The van der Waals surface area contributed by atoms with E-state index in [0.29, 0.717) is 0 Å². The van der Waals surface area contributed by atoms with Crippen molar-refractivity contribution in [2.75, 3.05) is 12.4 Å². The molecule has 1 aliphatic heterocycles. The Labute approximate surface area is 135 Å². The van der Waals surface area contributed by atoms with Gasteiger partial charge in [-0.1, -0.05) is 0 Å². The Morgan fingerprint density at radius 2 is 2.05 bits per heavy atom. The number of carbonyl (C=O) groups excluding carboxylic acids is 2. The van der Waals surface area contributed by atoms with Crippen LogP contribution in [0.2, 0.25) is 0 Å². The van der Waals surface area contributed by atoms with Gasteiger partial charge in [-0.25, -0.2) is 4.79 Å². The van der Waals surface area contributed by atoms with Gasteiger partial charge in [-0.15, -0.1) is 0 Å². The van der Waals surface area contributed by atoms with Crippen molar-refractivity contribution in [3.05, 3.63) is 11.5 Å². The van der Waals surface area contributed by atoms with E-state index in [0.717, 1.165) is 0 Å². The predicted octanol–water partition coefficient (Wildman–Crippen LogP) is -4.99. The number of thiol groups is 1. The summed E-state index contributed by atoms with van der Waals surface area (Å²) in [5, 5.41) is 46.4. The van der Waals surface area contributed by atoms with Crippen molar-refractivity contribution >= 4 is 47.6 Å². The third-order valence-electron chi connectivity index (χ3n) is 1.96. The molecule has 0 bridgehead atoms. The summed E-state index contributed by atoms with van der Waals surface area (Å²) in [4.78, 5) is 20.1. The van der Waals surface area contributed by atoms with E-state index in [4.69, 9.17) is 21.1 Å². The number of aliphatic hydroxyl groups excluding tert-OH is 3. The Morgan fingerprint density at radius 3 is 2.25 bits per heavy atom. The molecular weight excluding hydrogens is 306 g/mol. The number of hydrogen-bond donors (Lipinski definition) is 5. The Balaban J connectivity index is 0. The number of carboxylic acids is 1. The molecule has 0 aromatic carbocycles. The summed E-state index contributed by atoms with van der Waals surface area (Å²) in [5.41, 5.74) is 4.88. The number of carbonyl (C=O) groups is 2. The van der Waals surface area contributed by atoms with E-state index in [9.17, 15) is 19.8 Å². The van der Waals surface area contributed by atoms with Crippen LogP contribution < -0.4 is 15.9 Å². The summed E-state index contributed by atoms with van der Waals surface area (Å²) in [6.45, 7) is -0.711. The second-order valence-electron chi connectivity index (χ2n) is 3.40. The minimum atomic E-state index is -1.48. The molecule has 0 amide bonds. The number of esters is 1. The van der Waals surface area contributed by atoms with Gasteiger partial charge in [0, 0.05) is 5.75 Å². The van der Waals surface area contributed by atoms with Gasteiger partial charge in [0.25, 0.3) is 0 Å². The molecule has 0 fully saturated rings. The molecule has 11 heteroatoms. The van der Waals surface area contributed by atoms with Crippen molar-refractivity contribution in [3.8, 4) is 0 Å². The number of nitrogens with two attached hydrogens (primary N) is 1. The molecule has 1 rings (SSSR count). The summed E-state index contributed by atoms with van der Waals surface area (Å²) in [7, 11) is 0. The fourth-order valence-electron chi connectivity index (χ4n) is 0.884. The van der Waals surface area contributed by atoms with Crippen LogP contribution in [0, 0.1) is 0 Å². The van der Waals surface area contributed by atoms with Crippen LogP contribution in [0.4, 0.5) is 0 Å². The van der Waals surface area contributed by atoms with Gasteiger partial charge in [0.2, 0.25) is 0 Å². The van der Waals surface area contributed by atoms with Crippen molar-refractivity contribution in [3.63, 3.8) is 0 Å². The molecule has 9 nitrogen and oxygen atoms in total. The number of hydrogen-bond acceptors (Lipinski definition) is 10.